The third-order valence-corrected chi connectivity index (χ3v) is 2.36. The number of hydrogen-bond acceptors (Lipinski definition) is 5. The topological polar surface area (TPSA) is 64.6 Å². The molecular formula is C9H15NO4. The van der Waals surface area contributed by atoms with Gasteiger partial charge in [-0.2, -0.15) is 0 Å². The number of ether oxygens (including phenoxy) is 2. The largest absolute Gasteiger partial charge is 0.468 e. The summed E-state index contributed by atoms with van der Waals surface area (Å²) >= 11 is 0. The Labute approximate surface area is 82.8 Å². The lowest BCUT2D eigenvalue weighted by atomic mass is 9.99. The van der Waals surface area contributed by atoms with Crippen LogP contribution in [0.15, 0.2) is 0 Å². The van der Waals surface area contributed by atoms with E-state index < -0.39 is 0 Å². The van der Waals surface area contributed by atoms with Crippen LogP contribution < -0.4 is 5.32 Å². The normalized spacial score (nSPS) is 26.7. The molecular weight excluding hydrogens is 186 g/mol. The van der Waals surface area contributed by atoms with Crippen molar-refractivity contribution in [1.82, 2.24) is 5.32 Å². The molecule has 14 heavy (non-hydrogen) atoms. The van der Waals surface area contributed by atoms with Gasteiger partial charge in [-0.25, -0.2) is 0 Å². The maximum atomic E-state index is 11.2. The predicted molar refractivity (Wildman–Crippen MR) is 48.6 cm³/mol. The molecule has 0 spiro atoms. The standard InChI is InChI=1S/C9H15NO4/c1-13-8(11)6-4-3-5-7(10-6)9(12)14-2/h6-7,10H,3-5H2,1-2H3/t6-,7?/m0/s1. The minimum Gasteiger partial charge on any atom is -0.468 e. The van der Waals surface area contributed by atoms with Gasteiger partial charge >= 0.3 is 11.9 Å². The van der Waals surface area contributed by atoms with Gasteiger partial charge in [0.05, 0.1) is 14.2 Å². The second-order valence-electron chi connectivity index (χ2n) is 3.25. The third-order valence-electron chi connectivity index (χ3n) is 2.36. The molecule has 0 aromatic rings. The fourth-order valence-corrected chi connectivity index (χ4v) is 1.59. The summed E-state index contributed by atoms with van der Waals surface area (Å²) in [5.74, 6) is -0.641. The molecule has 0 aromatic heterocycles. The highest BCUT2D eigenvalue weighted by Gasteiger charge is 2.31. The lowest BCUT2D eigenvalue weighted by Crippen LogP contribution is -2.50. The van der Waals surface area contributed by atoms with Gasteiger partial charge in [0.2, 0.25) is 0 Å². The van der Waals surface area contributed by atoms with Crippen LogP contribution in [0.25, 0.3) is 0 Å². The van der Waals surface area contributed by atoms with Crippen LogP contribution in [0.3, 0.4) is 0 Å². The van der Waals surface area contributed by atoms with E-state index in [0.29, 0.717) is 12.8 Å². The molecule has 1 rings (SSSR count). The van der Waals surface area contributed by atoms with Crippen LogP contribution in [-0.4, -0.2) is 38.2 Å². The van der Waals surface area contributed by atoms with Crippen molar-refractivity contribution in [3.05, 3.63) is 0 Å². The van der Waals surface area contributed by atoms with Crippen molar-refractivity contribution in [2.24, 2.45) is 0 Å². The molecule has 5 heteroatoms. The molecule has 1 aliphatic heterocycles. The smallest absolute Gasteiger partial charge is 0.322 e. The molecule has 0 bridgehead atoms. The van der Waals surface area contributed by atoms with E-state index >= 15 is 0 Å². The molecule has 1 aliphatic rings. The van der Waals surface area contributed by atoms with Gasteiger partial charge in [-0.05, 0) is 19.3 Å². The first-order valence-electron chi connectivity index (χ1n) is 4.60. The van der Waals surface area contributed by atoms with Crippen LogP contribution >= 0.6 is 0 Å². The van der Waals surface area contributed by atoms with E-state index in [2.05, 4.69) is 14.8 Å². The van der Waals surface area contributed by atoms with Crippen molar-refractivity contribution in [2.45, 2.75) is 31.3 Å². The van der Waals surface area contributed by atoms with Gasteiger partial charge < -0.3 is 9.47 Å². The summed E-state index contributed by atoms with van der Waals surface area (Å²) in [5, 5.41) is 2.91. The zero-order valence-electron chi connectivity index (χ0n) is 8.41. The summed E-state index contributed by atoms with van der Waals surface area (Å²) in [6, 6.07) is -0.754. The summed E-state index contributed by atoms with van der Waals surface area (Å²) in [6.45, 7) is 0. The Balaban J connectivity index is 2.51. The van der Waals surface area contributed by atoms with Crippen molar-refractivity contribution in [1.29, 1.82) is 0 Å². The van der Waals surface area contributed by atoms with Crippen LogP contribution in [0.4, 0.5) is 0 Å². The fourth-order valence-electron chi connectivity index (χ4n) is 1.59. The van der Waals surface area contributed by atoms with Gasteiger partial charge in [-0.15, -0.1) is 0 Å². The molecule has 1 heterocycles. The Morgan fingerprint density at radius 1 is 1.07 bits per heavy atom. The number of carbonyl (C=O) groups is 2. The average Bonchev–Trinajstić information content (AvgIpc) is 2.27. The maximum Gasteiger partial charge on any atom is 0.322 e. The summed E-state index contributed by atoms with van der Waals surface area (Å²) in [4.78, 5) is 22.4. The highest BCUT2D eigenvalue weighted by molar-refractivity contribution is 5.80. The summed E-state index contributed by atoms with van der Waals surface area (Å²) in [6.07, 6.45) is 2.24. The minimum absolute atomic E-state index is 0.321. The molecule has 0 radical (unpaired) electrons. The van der Waals surface area contributed by atoms with Gasteiger partial charge in [0.25, 0.3) is 0 Å². The monoisotopic (exact) mass is 201 g/mol. The van der Waals surface area contributed by atoms with Gasteiger partial charge in [-0.3, -0.25) is 14.9 Å². The first-order chi connectivity index (χ1) is 6.69. The number of esters is 2. The molecule has 2 atom stereocenters. The van der Waals surface area contributed by atoms with Crippen LogP contribution in [0.5, 0.6) is 0 Å². The van der Waals surface area contributed by atoms with Crippen molar-refractivity contribution in [2.75, 3.05) is 14.2 Å². The second kappa shape index (κ2) is 4.95. The molecule has 5 nitrogen and oxygen atoms in total. The first kappa shape index (κ1) is 11.0. The van der Waals surface area contributed by atoms with Gasteiger partial charge in [0.15, 0.2) is 0 Å². The number of piperidine rings is 1. The molecule has 1 N–H and O–H groups in total. The van der Waals surface area contributed by atoms with Crippen LogP contribution in [-0.2, 0) is 19.1 Å². The highest BCUT2D eigenvalue weighted by Crippen LogP contribution is 2.14. The molecule has 0 aliphatic carbocycles. The van der Waals surface area contributed by atoms with Crippen LogP contribution in [0.1, 0.15) is 19.3 Å². The fraction of sp³-hybridized carbons (Fsp3) is 0.778. The van der Waals surface area contributed by atoms with Gasteiger partial charge in [-0.1, -0.05) is 0 Å². The molecule has 1 unspecified atom stereocenters. The number of hydrogen-bond donors (Lipinski definition) is 1. The predicted octanol–water partition coefficient (Wildman–Crippen LogP) is -0.157. The second-order valence-corrected chi connectivity index (χ2v) is 3.25. The zero-order chi connectivity index (χ0) is 10.6. The maximum absolute atomic E-state index is 11.2. The van der Waals surface area contributed by atoms with E-state index in [1.54, 1.807) is 0 Å². The lowest BCUT2D eigenvalue weighted by Gasteiger charge is -2.27. The van der Waals surface area contributed by atoms with E-state index in [1.807, 2.05) is 0 Å². The van der Waals surface area contributed by atoms with Crippen molar-refractivity contribution < 1.29 is 19.1 Å². The Kier molecular flexibility index (Phi) is 3.88. The van der Waals surface area contributed by atoms with Gasteiger partial charge in [0, 0.05) is 0 Å². The van der Waals surface area contributed by atoms with Crippen LogP contribution in [0, 0.1) is 0 Å². The minimum atomic E-state index is -0.377. The summed E-state index contributed by atoms with van der Waals surface area (Å²) in [5.41, 5.74) is 0. The number of methoxy groups -OCH3 is 2. The van der Waals surface area contributed by atoms with Crippen molar-refractivity contribution in [3.8, 4) is 0 Å². The Morgan fingerprint density at radius 3 is 1.86 bits per heavy atom. The van der Waals surface area contributed by atoms with Crippen LogP contribution in [0.2, 0.25) is 0 Å². The zero-order valence-corrected chi connectivity index (χ0v) is 8.41. The summed E-state index contributed by atoms with van der Waals surface area (Å²) < 4.78 is 9.20. The molecule has 1 saturated heterocycles. The average molecular weight is 201 g/mol. The van der Waals surface area contributed by atoms with E-state index in [-0.39, 0.29) is 24.0 Å². The Bertz CT molecular complexity index is 207. The van der Waals surface area contributed by atoms with E-state index in [9.17, 15) is 9.59 Å². The Hall–Kier alpha value is -1.10. The molecule has 0 saturated carbocycles. The molecule has 80 valence electrons. The number of rotatable bonds is 2. The van der Waals surface area contributed by atoms with E-state index in [0.717, 1.165) is 6.42 Å². The lowest BCUT2D eigenvalue weighted by molar-refractivity contribution is -0.148. The van der Waals surface area contributed by atoms with E-state index in [4.69, 9.17) is 0 Å². The number of carbonyl (C=O) groups excluding carboxylic acids is 2. The third kappa shape index (κ3) is 2.45. The number of nitrogens with one attached hydrogen (secondary N) is 1. The molecule has 1 fully saturated rings. The summed E-state index contributed by atoms with van der Waals surface area (Å²) in [7, 11) is 2.68. The Morgan fingerprint density at radius 2 is 1.50 bits per heavy atom. The molecule has 0 aromatic carbocycles. The van der Waals surface area contributed by atoms with E-state index in [1.165, 1.54) is 14.2 Å². The highest BCUT2D eigenvalue weighted by atomic mass is 16.5. The quantitative estimate of drug-likeness (QED) is 0.629. The van der Waals surface area contributed by atoms with Crippen molar-refractivity contribution >= 4 is 11.9 Å². The first-order valence-corrected chi connectivity index (χ1v) is 4.60. The van der Waals surface area contributed by atoms with Gasteiger partial charge in [0.1, 0.15) is 12.1 Å². The van der Waals surface area contributed by atoms with Crippen molar-refractivity contribution in [3.63, 3.8) is 0 Å². The molecule has 0 amide bonds. The SMILES string of the molecule is COC(=O)C1CCC[C@@H](C(=O)OC)N1.